The monoisotopic (exact) mass is 543 g/mol. The lowest BCUT2D eigenvalue weighted by molar-refractivity contribution is 0.338. The fourth-order valence-corrected chi connectivity index (χ4v) is 5.95. The number of nitrogens with zero attached hydrogens (tertiary/aromatic N) is 6. The molecule has 4 aromatic rings. The predicted octanol–water partition coefficient (Wildman–Crippen LogP) is 5.07. The molecule has 0 bridgehead atoms. The number of hydrogen-bond donors (Lipinski definition) is 1. The van der Waals surface area contributed by atoms with Gasteiger partial charge in [0.25, 0.3) is 0 Å². The van der Waals surface area contributed by atoms with Gasteiger partial charge in [0, 0.05) is 43.3 Å². The number of aromatic nitrogens is 5. The molecule has 0 radical (unpaired) electrons. The van der Waals surface area contributed by atoms with Crippen LogP contribution in [-0.4, -0.2) is 51.5 Å². The molecule has 0 amide bonds. The average Bonchev–Trinajstić information content (AvgIpc) is 3.18. The van der Waals surface area contributed by atoms with Crippen molar-refractivity contribution in [1.82, 2.24) is 24.7 Å². The third-order valence-electron chi connectivity index (χ3n) is 6.76. The van der Waals surface area contributed by atoms with Gasteiger partial charge in [0.1, 0.15) is 5.82 Å². The van der Waals surface area contributed by atoms with Gasteiger partial charge in [0.2, 0.25) is 0 Å². The summed E-state index contributed by atoms with van der Waals surface area (Å²) in [5.41, 5.74) is 4.25. The van der Waals surface area contributed by atoms with Gasteiger partial charge in [-0.25, -0.2) is 9.97 Å². The molecule has 1 N–H and O–H groups in total. The van der Waals surface area contributed by atoms with E-state index in [9.17, 15) is 12.3 Å². The Bertz CT molecular complexity index is 1590. The second-order valence-electron chi connectivity index (χ2n) is 9.71. The van der Waals surface area contributed by atoms with E-state index in [0.717, 1.165) is 27.8 Å². The molecule has 0 aliphatic carbocycles. The van der Waals surface area contributed by atoms with Gasteiger partial charge in [-0.15, -0.1) is 3.89 Å². The Balaban J connectivity index is 1.47. The minimum absolute atomic E-state index is 0.114. The fourth-order valence-electron chi connectivity index (χ4n) is 4.80. The Kier molecular flexibility index (Phi) is 6.53. The molecule has 37 heavy (non-hydrogen) atoms. The van der Waals surface area contributed by atoms with Crippen LogP contribution in [0.4, 0.5) is 21.1 Å². The van der Waals surface area contributed by atoms with Crippen molar-refractivity contribution in [2.75, 3.05) is 22.5 Å². The topological polar surface area (TPSA) is 106 Å². The van der Waals surface area contributed by atoms with E-state index in [4.69, 9.17) is 16.6 Å². The van der Waals surface area contributed by atoms with Crippen LogP contribution in [0, 0.1) is 5.92 Å². The predicted molar refractivity (Wildman–Crippen MR) is 144 cm³/mol. The summed E-state index contributed by atoms with van der Waals surface area (Å²) in [6.07, 6.45) is 5.15. The first kappa shape index (κ1) is 25.3. The van der Waals surface area contributed by atoms with Crippen LogP contribution >= 0.6 is 11.6 Å². The quantitative estimate of drug-likeness (QED) is 0.322. The second kappa shape index (κ2) is 9.53. The molecule has 0 spiro atoms. The highest BCUT2D eigenvalue weighted by molar-refractivity contribution is 7.86. The van der Waals surface area contributed by atoms with Crippen LogP contribution < -0.4 is 10.2 Å². The van der Waals surface area contributed by atoms with Crippen molar-refractivity contribution in [3.8, 4) is 11.4 Å². The number of halogens is 2. The highest BCUT2D eigenvalue weighted by Gasteiger charge is 2.39. The number of nitrogens with one attached hydrogen (secondary N) is 1. The summed E-state index contributed by atoms with van der Waals surface area (Å²) in [4.78, 5) is 15.8. The van der Waals surface area contributed by atoms with E-state index in [0.29, 0.717) is 28.9 Å². The number of benzene rings is 1. The van der Waals surface area contributed by atoms with Gasteiger partial charge in [-0.05, 0) is 36.6 Å². The Labute approximate surface area is 219 Å². The summed E-state index contributed by atoms with van der Waals surface area (Å²) in [6, 6.07) is 7.78. The molecule has 12 heteroatoms. The molecule has 1 saturated heterocycles. The van der Waals surface area contributed by atoms with Crippen LogP contribution in [0.25, 0.3) is 22.3 Å². The number of hydrogen-bond acceptors (Lipinski definition) is 8. The molecule has 0 saturated carbocycles. The van der Waals surface area contributed by atoms with Crippen LogP contribution in [0.3, 0.4) is 0 Å². The molecule has 1 aromatic carbocycles. The largest absolute Gasteiger partial charge is 0.366 e. The van der Waals surface area contributed by atoms with Crippen molar-refractivity contribution < 1.29 is 12.3 Å². The summed E-state index contributed by atoms with van der Waals surface area (Å²) in [5, 5.41) is 8.76. The van der Waals surface area contributed by atoms with Crippen molar-refractivity contribution in [3.63, 3.8) is 0 Å². The van der Waals surface area contributed by atoms with Gasteiger partial charge in [-0.3, -0.25) is 9.67 Å². The number of pyridine rings is 1. The third kappa shape index (κ3) is 5.10. The number of anilines is 3. The zero-order valence-electron chi connectivity index (χ0n) is 20.9. The van der Waals surface area contributed by atoms with Crippen molar-refractivity contribution in [1.29, 1.82) is 0 Å². The standard InChI is InChI=1S/C25H27ClFN7O2S/c1-14(2)18-5-6-21(34-11-16(15(34)3)13-37(27,35)36)23-19(18)9-17(10-29-23)30-22-7-8-28-25(31-22)20-12-33(4)32-24(20)26/h5-10,12,14-16H,11,13H2,1-4H3,(H,28,30,31)/t15-,16-/m1/s1. The zero-order chi connectivity index (χ0) is 26.5. The first-order valence-corrected chi connectivity index (χ1v) is 13.8. The molecular weight excluding hydrogens is 517 g/mol. The van der Waals surface area contributed by atoms with E-state index in [-0.39, 0.29) is 17.9 Å². The van der Waals surface area contributed by atoms with Gasteiger partial charge in [0.05, 0.1) is 34.4 Å². The molecule has 1 aliphatic rings. The van der Waals surface area contributed by atoms with Crippen molar-refractivity contribution in [2.45, 2.75) is 32.7 Å². The Morgan fingerprint density at radius 3 is 2.68 bits per heavy atom. The van der Waals surface area contributed by atoms with Crippen LogP contribution in [0.1, 0.15) is 32.3 Å². The van der Waals surface area contributed by atoms with E-state index < -0.39 is 16.0 Å². The number of fused-ring (bicyclic) bond motifs is 1. The average molecular weight is 544 g/mol. The second-order valence-corrected chi connectivity index (χ2v) is 11.5. The molecule has 1 fully saturated rings. The molecular formula is C25H27ClFN7O2S. The SMILES string of the molecule is CC(C)c1ccc(N2C[C@H](CS(=O)(=O)F)[C@H]2C)c2ncc(Nc3ccnc(-c4cn(C)nc4Cl)n3)cc12. The van der Waals surface area contributed by atoms with Crippen molar-refractivity contribution in [3.05, 3.63) is 53.6 Å². The summed E-state index contributed by atoms with van der Waals surface area (Å²) in [7, 11) is -2.73. The highest BCUT2D eigenvalue weighted by Crippen LogP contribution is 2.39. The van der Waals surface area contributed by atoms with Crippen molar-refractivity contribution >= 4 is 49.9 Å². The van der Waals surface area contributed by atoms with E-state index in [1.807, 2.05) is 19.1 Å². The first-order valence-electron chi connectivity index (χ1n) is 11.9. The van der Waals surface area contributed by atoms with Gasteiger partial charge in [-0.2, -0.15) is 13.5 Å². The number of rotatable bonds is 7. The maximum Gasteiger partial charge on any atom is 0.302 e. The lowest BCUT2D eigenvalue weighted by atomic mass is 9.89. The van der Waals surface area contributed by atoms with Gasteiger partial charge in [0.15, 0.2) is 11.0 Å². The fraction of sp³-hybridized carbons (Fsp3) is 0.360. The van der Waals surface area contributed by atoms with Crippen LogP contribution in [0.15, 0.2) is 42.9 Å². The summed E-state index contributed by atoms with van der Waals surface area (Å²) in [5.74, 6) is 0.583. The van der Waals surface area contributed by atoms with Crippen LogP contribution in [-0.2, 0) is 17.3 Å². The maximum absolute atomic E-state index is 13.2. The van der Waals surface area contributed by atoms with Crippen molar-refractivity contribution in [2.24, 2.45) is 13.0 Å². The molecule has 2 atom stereocenters. The lowest BCUT2D eigenvalue weighted by Crippen LogP contribution is -2.57. The molecule has 9 nitrogen and oxygen atoms in total. The minimum Gasteiger partial charge on any atom is -0.366 e. The van der Waals surface area contributed by atoms with Gasteiger partial charge >= 0.3 is 10.2 Å². The number of aryl methyl sites for hydroxylation is 1. The lowest BCUT2D eigenvalue weighted by Gasteiger charge is -2.47. The van der Waals surface area contributed by atoms with Crippen LogP contribution in [0.2, 0.25) is 5.15 Å². The Hall–Kier alpha value is -3.31. The smallest absolute Gasteiger partial charge is 0.302 e. The minimum atomic E-state index is -4.51. The Morgan fingerprint density at radius 1 is 1.24 bits per heavy atom. The van der Waals surface area contributed by atoms with Crippen LogP contribution in [0.5, 0.6) is 0 Å². The van der Waals surface area contributed by atoms with Gasteiger partial charge < -0.3 is 10.2 Å². The van der Waals surface area contributed by atoms with E-state index >= 15 is 0 Å². The zero-order valence-corrected chi connectivity index (χ0v) is 22.4. The third-order valence-corrected chi connectivity index (χ3v) is 7.87. The van der Waals surface area contributed by atoms with E-state index in [1.165, 1.54) is 0 Å². The maximum atomic E-state index is 13.2. The van der Waals surface area contributed by atoms with E-state index in [2.05, 4.69) is 45.2 Å². The molecule has 194 valence electrons. The molecule has 0 unspecified atom stereocenters. The summed E-state index contributed by atoms with van der Waals surface area (Å²) < 4.78 is 37.1. The summed E-state index contributed by atoms with van der Waals surface area (Å²) >= 11 is 6.22. The molecule has 1 aliphatic heterocycles. The highest BCUT2D eigenvalue weighted by atomic mass is 35.5. The molecule has 3 aromatic heterocycles. The first-order chi connectivity index (χ1) is 17.5. The Morgan fingerprint density at radius 2 is 2.03 bits per heavy atom. The van der Waals surface area contributed by atoms with E-state index in [1.54, 1.807) is 36.4 Å². The normalized spacial score (nSPS) is 17.9. The molecule has 5 rings (SSSR count). The summed E-state index contributed by atoms with van der Waals surface area (Å²) in [6.45, 7) is 6.62. The van der Waals surface area contributed by atoms with Gasteiger partial charge in [-0.1, -0.05) is 31.5 Å². The molecule has 4 heterocycles.